The average molecular weight is 635 g/mol. The molecular formula is C50H34. The van der Waals surface area contributed by atoms with Gasteiger partial charge in [-0.3, -0.25) is 0 Å². The molecule has 0 N–H and O–H groups in total. The minimum atomic E-state index is 0.218. The van der Waals surface area contributed by atoms with E-state index in [9.17, 15) is 0 Å². The molecule has 0 saturated heterocycles. The molecule has 0 unspecified atom stereocenters. The Morgan fingerprint density at radius 2 is 0.580 bits per heavy atom. The summed E-state index contributed by atoms with van der Waals surface area (Å²) in [6.07, 6.45) is 0. The van der Waals surface area contributed by atoms with E-state index >= 15 is 0 Å². The molecule has 0 amide bonds. The van der Waals surface area contributed by atoms with Crippen molar-refractivity contribution in [3.63, 3.8) is 0 Å². The van der Waals surface area contributed by atoms with Crippen LogP contribution in [0.2, 0.25) is 0 Å². The maximum Gasteiger partial charge on any atom is 0.0352 e. The van der Waals surface area contributed by atoms with Crippen molar-refractivity contribution in [2.45, 2.75) is 11.8 Å². The average Bonchev–Trinajstić information content (AvgIpc) is 3.71. The maximum atomic E-state index is 2.43. The smallest absolute Gasteiger partial charge is 0.0352 e. The van der Waals surface area contributed by atoms with E-state index in [0.717, 1.165) is 0 Å². The van der Waals surface area contributed by atoms with E-state index in [1.54, 1.807) is 0 Å². The standard InChI is InChI=1S/C50H34/c1-2-12-35(13-3-1)48-32-38(50-46-20-10-6-16-42(46)43-17-7-11-21-47(43)50)30-31-39(48)36-26-22-33(23-27-36)34-24-28-37(29-25-34)49-44-18-8-4-14-40(44)41-15-5-9-19-45(41)49/h1-32,49-50H. The Bertz CT molecular complexity index is 2430. The lowest BCUT2D eigenvalue weighted by Gasteiger charge is -2.19. The van der Waals surface area contributed by atoms with Crippen LogP contribution >= 0.6 is 0 Å². The molecule has 234 valence electrons. The van der Waals surface area contributed by atoms with Crippen LogP contribution in [0.25, 0.3) is 55.6 Å². The second kappa shape index (κ2) is 11.7. The molecule has 0 nitrogen and oxygen atoms in total. The molecular weight excluding hydrogens is 601 g/mol. The number of hydrogen-bond acceptors (Lipinski definition) is 0. The molecule has 10 rings (SSSR count). The van der Waals surface area contributed by atoms with E-state index in [-0.39, 0.29) is 11.8 Å². The number of rotatable bonds is 5. The lowest BCUT2D eigenvalue weighted by molar-refractivity contribution is 1.02. The largest absolute Gasteiger partial charge is 0.0622 e. The molecule has 0 heteroatoms. The Morgan fingerprint density at radius 1 is 0.220 bits per heavy atom. The summed E-state index contributed by atoms with van der Waals surface area (Å²) in [4.78, 5) is 0. The highest BCUT2D eigenvalue weighted by Crippen LogP contribution is 2.50. The summed E-state index contributed by atoms with van der Waals surface area (Å²) in [5, 5.41) is 0. The molecule has 0 heterocycles. The fourth-order valence-electron chi connectivity index (χ4n) is 8.59. The van der Waals surface area contributed by atoms with Crippen LogP contribution in [0.15, 0.2) is 194 Å². The quantitative estimate of drug-likeness (QED) is 0.177. The normalized spacial score (nSPS) is 13.0. The molecule has 0 spiro atoms. The third-order valence-corrected chi connectivity index (χ3v) is 10.9. The summed E-state index contributed by atoms with van der Waals surface area (Å²) in [5.74, 6) is 0.486. The van der Waals surface area contributed by atoms with Crippen LogP contribution in [-0.2, 0) is 0 Å². The SMILES string of the molecule is c1ccc(-c2cc(C3c4ccccc4-c4ccccc43)ccc2-c2ccc(-c3ccc(C4c5ccccc5-c5ccccc54)cc3)cc2)cc1. The molecule has 8 aromatic carbocycles. The zero-order valence-electron chi connectivity index (χ0n) is 27.6. The van der Waals surface area contributed by atoms with Gasteiger partial charge in [-0.25, -0.2) is 0 Å². The third kappa shape index (κ3) is 4.60. The van der Waals surface area contributed by atoms with Gasteiger partial charge in [-0.1, -0.05) is 188 Å². The fourth-order valence-corrected chi connectivity index (χ4v) is 8.59. The fraction of sp³-hybridized carbons (Fsp3) is 0.0400. The molecule has 50 heavy (non-hydrogen) atoms. The van der Waals surface area contributed by atoms with Crippen molar-refractivity contribution in [2.24, 2.45) is 0 Å². The Hall–Kier alpha value is -6.24. The molecule has 0 aliphatic heterocycles. The van der Waals surface area contributed by atoms with Gasteiger partial charge in [-0.15, -0.1) is 0 Å². The van der Waals surface area contributed by atoms with Crippen LogP contribution in [-0.4, -0.2) is 0 Å². The maximum absolute atomic E-state index is 2.43. The van der Waals surface area contributed by atoms with Crippen molar-refractivity contribution in [3.05, 3.63) is 228 Å². The molecule has 8 aromatic rings. The van der Waals surface area contributed by atoms with Crippen LogP contribution in [0.3, 0.4) is 0 Å². The van der Waals surface area contributed by atoms with Crippen LogP contribution < -0.4 is 0 Å². The molecule has 0 atom stereocenters. The number of fused-ring (bicyclic) bond motifs is 6. The first-order chi connectivity index (χ1) is 24.8. The summed E-state index contributed by atoms with van der Waals surface area (Å²) >= 11 is 0. The van der Waals surface area contributed by atoms with E-state index in [1.807, 2.05) is 0 Å². The van der Waals surface area contributed by atoms with Gasteiger partial charge in [0.05, 0.1) is 0 Å². The second-order valence-corrected chi connectivity index (χ2v) is 13.6. The van der Waals surface area contributed by atoms with Crippen molar-refractivity contribution in [2.75, 3.05) is 0 Å². The highest BCUT2D eigenvalue weighted by atomic mass is 14.3. The van der Waals surface area contributed by atoms with Crippen molar-refractivity contribution in [1.29, 1.82) is 0 Å². The van der Waals surface area contributed by atoms with Gasteiger partial charge in [0, 0.05) is 11.8 Å². The molecule has 0 saturated carbocycles. The molecule has 2 aliphatic carbocycles. The monoisotopic (exact) mass is 634 g/mol. The zero-order chi connectivity index (χ0) is 33.0. The van der Waals surface area contributed by atoms with E-state index in [2.05, 4.69) is 194 Å². The highest BCUT2D eigenvalue weighted by molar-refractivity contribution is 5.87. The molecule has 0 fully saturated rings. The van der Waals surface area contributed by atoms with Gasteiger partial charge in [0.15, 0.2) is 0 Å². The van der Waals surface area contributed by atoms with Crippen LogP contribution in [0.4, 0.5) is 0 Å². The Morgan fingerprint density at radius 3 is 1.08 bits per heavy atom. The van der Waals surface area contributed by atoms with Gasteiger partial charge >= 0.3 is 0 Å². The van der Waals surface area contributed by atoms with Crippen LogP contribution in [0, 0.1) is 0 Å². The minimum absolute atomic E-state index is 0.218. The van der Waals surface area contributed by atoms with Crippen molar-refractivity contribution in [1.82, 2.24) is 0 Å². The van der Waals surface area contributed by atoms with Crippen molar-refractivity contribution in [3.8, 4) is 55.6 Å². The van der Waals surface area contributed by atoms with E-state index in [1.165, 1.54) is 89.0 Å². The van der Waals surface area contributed by atoms with E-state index < -0.39 is 0 Å². The first kappa shape index (κ1) is 28.7. The van der Waals surface area contributed by atoms with Gasteiger partial charge in [0.25, 0.3) is 0 Å². The first-order valence-electron chi connectivity index (χ1n) is 17.6. The molecule has 0 radical (unpaired) electrons. The van der Waals surface area contributed by atoms with Crippen molar-refractivity contribution < 1.29 is 0 Å². The zero-order valence-corrected chi connectivity index (χ0v) is 27.6. The van der Waals surface area contributed by atoms with Crippen LogP contribution in [0.5, 0.6) is 0 Å². The summed E-state index contributed by atoms with van der Waals surface area (Å²) in [6, 6.07) is 71.8. The van der Waals surface area contributed by atoms with E-state index in [4.69, 9.17) is 0 Å². The first-order valence-corrected chi connectivity index (χ1v) is 17.6. The predicted octanol–water partition coefficient (Wildman–Crippen LogP) is 13.0. The molecule has 0 aromatic heterocycles. The number of hydrogen-bond donors (Lipinski definition) is 0. The summed E-state index contributed by atoms with van der Waals surface area (Å²) < 4.78 is 0. The Kier molecular flexibility index (Phi) is 6.74. The topological polar surface area (TPSA) is 0 Å². The summed E-state index contributed by atoms with van der Waals surface area (Å²) in [5.41, 5.74) is 21.1. The lowest BCUT2D eigenvalue weighted by Crippen LogP contribution is -2.00. The Balaban J connectivity index is 0.998. The second-order valence-electron chi connectivity index (χ2n) is 13.6. The van der Waals surface area contributed by atoms with Gasteiger partial charge in [-0.05, 0) is 95.1 Å². The third-order valence-electron chi connectivity index (χ3n) is 10.9. The van der Waals surface area contributed by atoms with Crippen LogP contribution in [0.1, 0.15) is 45.2 Å². The van der Waals surface area contributed by atoms with Crippen molar-refractivity contribution >= 4 is 0 Å². The van der Waals surface area contributed by atoms with Gasteiger partial charge in [-0.2, -0.15) is 0 Å². The molecule has 2 aliphatic rings. The molecule has 0 bridgehead atoms. The summed E-state index contributed by atoms with van der Waals surface area (Å²) in [6.45, 7) is 0. The number of benzene rings is 8. The van der Waals surface area contributed by atoms with Gasteiger partial charge in [0.1, 0.15) is 0 Å². The highest BCUT2D eigenvalue weighted by Gasteiger charge is 2.31. The lowest BCUT2D eigenvalue weighted by atomic mass is 9.85. The van der Waals surface area contributed by atoms with E-state index in [0.29, 0.717) is 0 Å². The predicted molar refractivity (Wildman–Crippen MR) is 208 cm³/mol. The summed E-state index contributed by atoms with van der Waals surface area (Å²) in [7, 11) is 0. The minimum Gasteiger partial charge on any atom is -0.0622 e. The van der Waals surface area contributed by atoms with Gasteiger partial charge < -0.3 is 0 Å². The Labute approximate surface area is 294 Å². The van der Waals surface area contributed by atoms with Gasteiger partial charge in [0.2, 0.25) is 0 Å².